The fraction of sp³-hybridized carbons (Fsp3) is 0.182. The molecule has 0 fully saturated rings. The van der Waals surface area contributed by atoms with Crippen LogP contribution in [-0.2, 0) is 6.54 Å². The van der Waals surface area contributed by atoms with Crippen molar-refractivity contribution in [3.63, 3.8) is 0 Å². The molecule has 0 saturated heterocycles. The fourth-order valence-electron chi connectivity index (χ4n) is 3.05. The van der Waals surface area contributed by atoms with Gasteiger partial charge < -0.3 is 9.84 Å². The van der Waals surface area contributed by atoms with Gasteiger partial charge in [-0.3, -0.25) is 9.36 Å². The van der Waals surface area contributed by atoms with Gasteiger partial charge in [0, 0.05) is 16.0 Å². The highest BCUT2D eigenvalue weighted by atomic mass is 35.5. The predicted molar refractivity (Wildman–Crippen MR) is 117 cm³/mol. The zero-order valence-electron chi connectivity index (χ0n) is 15.7. The lowest BCUT2D eigenvalue weighted by Gasteiger charge is -2.14. The number of aliphatic hydroxyl groups excluding tert-OH is 1. The standard InChI is InChI=1S/C22H19ClN2O3S/c1-14-2-4-15(5-3-14)19-12-29-21-20(19)22(27)25(13-24-21)10-17(26)11-28-18-8-6-16(23)7-9-18/h2-9,12-13,17,26H,10-11H2,1H3. The molecule has 4 aromatic rings. The van der Waals surface area contributed by atoms with Crippen molar-refractivity contribution < 1.29 is 9.84 Å². The Balaban J connectivity index is 1.55. The van der Waals surface area contributed by atoms with Gasteiger partial charge >= 0.3 is 0 Å². The highest BCUT2D eigenvalue weighted by molar-refractivity contribution is 7.17. The molecule has 148 valence electrons. The lowest BCUT2D eigenvalue weighted by Crippen LogP contribution is -2.30. The van der Waals surface area contributed by atoms with Crippen LogP contribution in [0.3, 0.4) is 0 Å². The lowest BCUT2D eigenvalue weighted by molar-refractivity contribution is 0.0915. The first-order chi connectivity index (χ1) is 14.0. The van der Waals surface area contributed by atoms with E-state index in [1.165, 1.54) is 22.2 Å². The van der Waals surface area contributed by atoms with E-state index in [0.29, 0.717) is 21.0 Å². The minimum absolute atomic E-state index is 0.0561. The summed E-state index contributed by atoms with van der Waals surface area (Å²) in [5.74, 6) is 0.605. The summed E-state index contributed by atoms with van der Waals surface area (Å²) in [6.45, 7) is 2.18. The Hall–Kier alpha value is -2.67. The van der Waals surface area contributed by atoms with Crippen LogP contribution in [0.15, 0.2) is 65.0 Å². The molecule has 2 heterocycles. The first kappa shape index (κ1) is 19.6. The Kier molecular flexibility index (Phi) is 5.67. The van der Waals surface area contributed by atoms with Crippen molar-refractivity contribution in [3.05, 3.63) is 81.2 Å². The van der Waals surface area contributed by atoms with Crippen molar-refractivity contribution in [1.82, 2.24) is 9.55 Å². The van der Waals surface area contributed by atoms with Gasteiger partial charge in [-0.15, -0.1) is 11.3 Å². The summed E-state index contributed by atoms with van der Waals surface area (Å²) in [4.78, 5) is 18.2. The third-order valence-electron chi connectivity index (χ3n) is 4.59. The number of rotatable bonds is 6. The number of nitrogens with zero attached hydrogens (tertiary/aromatic N) is 2. The number of aromatic nitrogens is 2. The fourth-order valence-corrected chi connectivity index (χ4v) is 4.08. The van der Waals surface area contributed by atoms with Crippen LogP contribution in [0.1, 0.15) is 5.56 Å². The molecule has 2 aromatic carbocycles. The number of aliphatic hydroxyl groups is 1. The SMILES string of the molecule is Cc1ccc(-c2csc3ncn(CC(O)COc4ccc(Cl)cc4)c(=O)c23)cc1. The van der Waals surface area contributed by atoms with Crippen LogP contribution in [0.25, 0.3) is 21.3 Å². The van der Waals surface area contributed by atoms with Crippen molar-refractivity contribution in [1.29, 1.82) is 0 Å². The molecule has 7 heteroatoms. The first-order valence-electron chi connectivity index (χ1n) is 9.11. The summed E-state index contributed by atoms with van der Waals surface area (Å²) in [5.41, 5.74) is 2.83. The number of hydrogen-bond donors (Lipinski definition) is 1. The quantitative estimate of drug-likeness (QED) is 0.492. The normalized spacial score (nSPS) is 12.2. The Labute approximate surface area is 176 Å². The molecule has 0 aliphatic rings. The zero-order chi connectivity index (χ0) is 20.4. The van der Waals surface area contributed by atoms with E-state index in [9.17, 15) is 9.90 Å². The maximum atomic E-state index is 13.1. The molecule has 1 unspecified atom stereocenters. The summed E-state index contributed by atoms with van der Waals surface area (Å²) >= 11 is 7.29. The van der Waals surface area contributed by atoms with Gasteiger partial charge in [-0.1, -0.05) is 41.4 Å². The molecular weight excluding hydrogens is 408 g/mol. The highest BCUT2D eigenvalue weighted by Crippen LogP contribution is 2.30. The molecule has 1 N–H and O–H groups in total. The Bertz CT molecular complexity index is 1180. The molecule has 0 bridgehead atoms. The molecule has 1 atom stereocenters. The first-order valence-corrected chi connectivity index (χ1v) is 10.4. The van der Waals surface area contributed by atoms with E-state index in [2.05, 4.69) is 4.98 Å². The molecule has 0 radical (unpaired) electrons. The van der Waals surface area contributed by atoms with Gasteiger partial charge in [0.05, 0.1) is 18.3 Å². The second-order valence-electron chi connectivity index (χ2n) is 6.82. The summed E-state index contributed by atoms with van der Waals surface area (Å²) in [6.07, 6.45) is 0.620. The van der Waals surface area contributed by atoms with E-state index >= 15 is 0 Å². The van der Waals surface area contributed by atoms with Gasteiger partial charge in [-0.25, -0.2) is 4.98 Å². The van der Waals surface area contributed by atoms with Crippen LogP contribution in [0.5, 0.6) is 5.75 Å². The lowest BCUT2D eigenvalue weighted by atomic mass is 10.1. The molecule has 0 amide bonds. The minimum atomic E-state index is -0.857. The number of hydrogen-bond acceptors (Lipinski definition) is 5. The van der Waals surface area contributed by atoms with Gasteiger partial charge in [0.1, 0.15) is 23.3 Å². The van der Waals surface area contributed by atoms with E-state index in [1.54, 1.807) is 24.3 Å². The highest BCUT2D eigenvalue weighted by Gasteiger charge is 2.15. The Morgan fingerprint density at radius 2 is 1.90 bits per heavy atom. The van der Waals surface area contributed by atoms with Gasteiger partial charge in [0.2, 0.25) is 0 Å². The van der Waals surface area contributed by atoms with E-state index < -0.39 is 6.10 Å². The second-order valence-corrected chi connectivity index (χ2v) is 8.11. The van der Waals surface area contributed by atoms with Crippen LogP contribution in [0.2, 0.25) is 5.02 Å². The van der Waals surface area contributed by atoms with E-state index in [0.717, 1.165) is 16.7 Å². The van der Waals surface area contributed by atoms with Crippen molar-refractivity contribution >= 4 is 33.2 Å². The van der Waals surface area contributed by atoms with Crippen molar-refractivity contribution in [2.24, 2.45) is 0 Å². The van der Waals surface area contributed by atoms with Crippen LogP contribution in [-0.4, -0.2) is 27.4 Å². The third kappa shape index (κ3) is 4.34. The van der Waals surface area contributed by atoms with Gasteiger partial charge in [-0.2, -0.15) is 0 Å². The number of ether oxygens (including phenoxy) is 1. The average molecular weight is 427 g/mol. The minimum Gasteiger partial charge on any atom is -0.491 e. The summed E-state index contributed by atoms with van der Waals surface area (Å²) in [5, 5.41) is 13.5. The van der Waals surface area contributed by atoms with E-state index in [-0.39, 0.29) is 18.7 Å². The number of thiophene rings is 1. The molecule has 0 aliphatic carbocycles. The summed E-state index contributed by atoms with van der Waals surface area (Å²) in [6, 6.07) is 14.9. The number of aryl methyl sites for hydroxylation is 1. The van der Waals surface area contributed by atoms with Gasteiger partial charge in [0.15, 0.2) is 0 Å². The predicted octanol–water partition coefficient (Wildman–Crippen LogP) is 4.53. The monoisotopic (exact) mass is 426 g/mol. The Morgan fingerprint density at radius 1 is 1.17 bits per heavy atom. The van der Waals surface area contributed by atoms with Crippen molar-refractivity contribution in [2.45, 2.75) is 19.6 Å². The number of fused-ring (bicyclic) bond motifs is 1. The second kappa shape index (κ2) is 8.37. The van der Waals surface area contributed by atoms with Crippen LogP contribution < -0.4 is 10.3 Å². The Morgan fingerprint density at radius 3 is 2.62 bits per heavy atom. The van der Waals surface area contributed by atoms with Gasteiger partial charge in [-0.05, 0) is 36.8 Å². The molecule has 4 rings (SSSR count). The molecular formula is C22H19ClN2O3S. The molecule has 29 heavy (non-hydrogen) atoms. The summed E-state index contributed by atoms with van der Waals surface area (Å²) < 4.78 is 7.00. The molecule has 0 saturated carbocycles. The number of halogens is 1. The van der Waals surface area contributed by atoms with Crippen LogP contribution >= 0.6 is 22.9 Å². The van der Waals surface area contributed by atoms with E-state index in [4.69, 9.17) is 16.3 Å². The molecule has 0 spiro atoms. The topological polar surface area (TPSA) is 64.3 Å². The van der Waals surface area contributed by atoms with Gasteiger partial charge in [0.25, 0.3) is 5.56 Å². The number of benzene rings is 2. The third-order valence-corrected chi connectivity index (χ3v) is 5.73. The van der Waals surface area contributed by atoms with Crippen LogP contribution in [0, 0.1) is 6.92 Å². The zero-order valence-corrected chi connectivity index (χ0v) is 17.3. The molecule has 5 nitrogen and oxygen atoms in total. The average Bonchev–Trinajstić information content (AvgIpc) is 3.15. The van der Waals surface area contributed by atoms with Crippen molar-refractivity contribution in [2.75, 3.05) is 6.61 Å². The maximum absolute atomic E-state index is 13.1. The van der Waals surface area contributed by atoms with E-state index in [1.807, 2.05) is 36.6 Å². The van der Waals surface area contributed by atoms with Crippen LogP contribution in [0.4, 0.5) is 0 Å². The molecule has 0 aliphatic heterocycles. The van der Waals surface area contributed by atoms with Crippen molar-refractivity contribution in [3.8, 4) is 16.9 Å². The smallest absolute Gasteiger partial charge is 0.262 e. The maximum Gasteiger partial charge on any atom is 0.262 e. The largest absolute Gasteiger partial charge is 0.491 e. The molecule has 2 aromatic heterocycles. The summed E-state index contributed by atoms with van der Waals surface area (Å²) in [7, 11) is 0.